The number of nitrogens with zero attached hydrogens (tertiary/aromatic N) is 1. The molecule has 20 heavy (non-hydrogen) atoms. The van der Waals surface area contributed by atoms with Gasteiger partial charge in [0.1, 0.15) is 0 Å². The fourth-order valence-corrected chi connectivity index (χ4v) is 2.73. The van der Waals surface area contributed by atoms with E-state index in [0.29, 0.717) is 6.04 Å². The lowest BCUT2D eigenvalue weighted by atomic mass is 10.0. The van der Waals surface area contributed by atoms with Gasteiger partial charge in [-0.15, -0.1) is 6.58 Å². The zero-order valence-corrected chi connectivity index (χ0v) is 12.2. The van der Waals surface area contributed by atoms with Crippen LogP contribution in [0, 0.1) is 0 Å². The van der Waals surface area contributed by atoms with Crippen LogP contribution in [0.5, 0.6) is 0 Å². The molecule has 0 amide bonds. The Labute approximate surface area is 122 Å². The second-order valence-electron chi connectivity index (χ2n) is 5.61. The first-order valence-electron chi connectivity index (χ1n) is 7.61. The lowest BCUT2D eigenvalue weighted by molar-refractivity contribution is 0.0934. The Morgan fingerprint density at radius 1 is 1.30 bits per heavy atom. The lowest BCUT2D eigenvalue weighted by Crippen LogP contribution is -2.42. The Bertz CT molecular complexity index is 385. The molecule has 1 fully saturated rings. The van der Waals surface area contributed by atoms with Crippen molar-refractivity contribution in [3.63, 3.8) is 0 Å². The highest BCUT2D eigenvalue weighted by Gasteiger charge is 2.20. The molecule has 0 aliphatic carbocycles. The molecule has 0 unspecified atom stereocenters. The number of hydrogen-bond donors (Lipinski definition) is 2. The van der Waals surface area contributed by atoms with Gasteiger partial charge >= 0.3 is 0 Å². The van der Waals surface area contributed by atoms with Crippen LogP contribution in [-0.2, 0) is 0 Å². The van der Waals surface area contributed by atoms with Gasteiger partial charge in [-0.2, -0.15) is 0 Å². The van der Waals surface area contributed by atoms with Crippen molar-refractivity contribution in [1.29, 1.82) is 0 Å². The summed E-state index contributed by atoms with van der Waals surface area (Å²) in [6.07, 6.45) is 5.66. The molecule has 1 aliphatic rings. The molecule has 0 radical (unpaired) electrons. The van der Waals surface area contributed by atoms with Crippen molar-refractivity contribution in [1.82, 2.24) is 4.90 Å². The van der Waals surface area contributed by atoms with Gasteiger partial charge in [-0.3, -0.25) is 0 Å². The molecule has 3 heteroatoms. The van der Waals surface area contributed by atoms with Gasteiger partial charge in [0.2, 0.25) is 0 Å². The number of aliphatic hydroxyl groups excluding tert-OH is 1. The molecule has 1 aromatic rings. The molecule has 1 saturated heterocycles. The van der Waals surface area contributed by atoms with Crippen molar-refractivity contribution in [2.45, 2.75) is 37.8 Å². The topological polar surface area (TPSA) is 35.5 Å². The largest absolute Gasteiger partial charge is 0.392 e. The van der Waals surface area contributed by atoms with Crippen molar-refractivity contribution in [2.75, 3.05) is 25.0 Å². The maximum Gasteiger partial charge on any atom is 0.0670 e. The normalized spacial score (nSPS) is 18.6. The predicted molar refractivity (Wildman–Crippen MR) is 85.0 cm³/mol. The van der Waals surface area contributed by atoms with Gasteiger partial charge in [-0.25, -0.2) is 0 Å². The maximum atomic E-state index is 9.93. The smallest absolute Gasteiger partial charge is 0.0670 e. The number of likely N-dealkylation sites (tertiary alicyclic amines) is 1. The fourth-order valence-electron chi connectivity index (χ4n) is 2.73. The Balaban J connectivity index is 1.68. The Kier molecular flexibility index (Phi) is 6.09. The molecule has 3 nitrogen and oxygen atoms in total. The molecular weight excluding hydrogens is 248 g/mol. The van der Waals surface area contributed by atoms with Crippen LogP contribution in [0.3, 0.4) is 0 Å². The van der Waals surface area contributed by atoms with E-state index < -0.39 is 0 Å². The maximum absolute atomic E-state index is 9.93. The van der Waals surface area contributed by atoms with E-state index in [0.717, 1.165) is 45.3 Å². The molecule has 0 spiro atoms. The molecular formula is C17H26N2O. The number of para-hydroxylation sites is 1. The van der Waals surface area contributed by atoms with Crippen molar-refractivity contribution < 1.29 is 5.11 Å². The standard InChI is InChI=1S/C17H26N2O/c1-2-3-9-17(20)14-19-12-10-16(11-13-19)18-15-7-5-4-6-8-15/h2,4-8,16-18,20H,1,3,9-14H2/t17-/m1/s1. The highest BCUT2D eigenvalue weighted by atomic mass is 16.3. The highest BCUT2D eigenvalue weighted by Crippen LogP contribution is 2.17. The van der Waals surface area contributed by atoms with Crippen molar-refractivity contribution in [3.05, 3.63) is 43.0 Å². The zero-order valence-electron chi connectivity index (χ0n) is 12.2. The number of allylic oxidation sites excluding steroid dienone is 1. The summed E-state index contributed by atoms with van der Waals surface area (Å²) in [5.41, 5.74) is 1.21. The molecule has 0 aromatic heterocycles. The first-order chi connectivity index (χ1) is 9.78. The monoisotopic (exact) mass is 274 g/mol. The molecule has 1 atom stereocenters. The summed E-state index contributed by atoms with van der Waals surface area (Å²) in [7, 11) is 0. The van der Waals surface area contributed by atoms with Crippen LogP contribution in [-0.4, -0.2) is 41.8 Å². The van der Waals surface area contributed by atoms with Gasteiger partial charge in [0.15, 0.2) is 0 Å². The summed E-state index contributed by atoms with van der Waals surface area (Å²) >= 11 is 0. The van der Waals surface area contributed by atoms with Crippen molar-refractivity contribution in [3.8, 4) is 0 Å². The molecule has 1 heterocycles. The van der Waals surface area contributed by atoms with E-state index in [1.165, 1.54) is 5.69 Å². The van der Waals surface area contributed by atoms with Crippen LogP contribution < -0.4 is 5.32 Å². The quantitative estimate of drug-likeness (QED) is 0.751. The average molecular weight is 274 g/mol. The van der Waals surface area contributed by atoms with Crippen molar-refractivity contribution >= 4 is 5.69 Å². The lowest BCUT2D eigenvalue weighted by Gasteiger charge is -2.33. The molecule has 110 valence electrons. The molecule has 1 aliphatic heterocycles. The third-order valence-electron chi connectivity index (χ3n) is 3.91. The number of hydrogen-bond acceptors (Lipinski definition) is 3. The molecule has 2 rings (SSSR count). The van der Waals surface area contributed by atoms with Crippen LogP contribution in [0.2, 0.25) is 0 Å². The van der Waals surface area contributed by atoms with Gasteiger partial charge in [0.25, 0.3) is 0 Å². The van der Waals surface area contributed by atoms with E-state index in [1.807, 2.05) is 12.1 Å². The first-order valence-corrected chi connectivity index (χ1v) is 7.61. The second-order valence-corrected chi connectivity index (χ2v) is 5.61. The minimum atomic E-state index is -0.216. The number of aliphatic hydroxyl groups is 1. The number of nitrogens with one attached hydrogen (secondary N) is 1. The Hall–Kier alpha value is -1.32. The molecule has 2 N–H and O–H groups in total. The number of β-amino-alcohol motifs (C(OH)–C–C–N with tert-alkyl or cyclic N) is 1. The van der Waals surface area contributed by atoms with E-state index >= 15 is 0 Å². The second kappa shape index (κ2) is 8.08. The highest BCUT2D eigenvalue weighted by molar-refractivity contribution is 5.43. The minimum absolute atomic E-state index is 0.216. The molecule has 1 aromatic carbocycles. The summed E-state index contributed by atoms with van der Waals surface area (Å²) in [5, 5.41) is 13.5. The van der Waals surface area contributed by atoms with Gasteiger partial charge in [0, 0.05) is 31.4 Å². The predicted octanol–water partition coefficient (Wildman–Crippen LogP) is 2.89. The third kappa shape index (κ3) is 4.99. The zero-order chi connectivity index (χ0) is 14.2. The van der Waals surface area contributed by atoms with Gasteiger partial charge in [-0.1, -0.05) is 24.3 Å². The minimum Gasteiger partial charge on any atom is -0.392 e. The van der Waals surface area contributed by atoms with E-state index in [9.17, 15) is 5.11 Å². The molecule has 0 saturated carbocycles. The first kappa shape index (κ1) is 15.1. The van der Waals surface area contributed by atoms with Gasteiger partial charge in [-0.05, 0) is 37.8 Å². The summed E-state index contributed by atoms with van der Waals surface area (Å²) < 4.78 is 0. The van der Waals surface area contributed by atoms with Gasteiger partial charge in [0.05, 0.1) is 6.10 Å². The molecule has 0 bridgehead atoms. The summed E-state index contributed by atoms with van der Waals surface area (Å²) in [6.45, 7) is 6.62. The van der Waals surface area contributed by atoms with Crippen LogP contribution in [0.25, 0.3) is 0 Å². The Morgan fingerprint density at radius 2 is 2.00 bits per heavy atom. The van der Waals surface area contributed by atoms with E-state index in [-0.39, 0.29) is 6.10 Å². The van der Waals surface area contributed by atoms with Crippen LogP contribution in [0.4, 0.5) is 5.69 Å². The summed E-state index contributed by atoms with van der Waals surface area (Å²) in [5.74, 6) is 0. The van der Waals surface area contributed by atoms with Crippen LogP contribution in [0.15, 0.2) is 43.0 Å². The summed E-state index contributed by atoms with van der Waals surface area (Å²) in [4.78, 5) is 2.37. The number of benzene rings is 1. The third-order valence-corrected chi connectivity index (χ3v) is 3.91. The fraction of sp³-hybridized carbons (Fsp3) is 0.529. The number of anilines is 1. The SMILES string of the molecule is C=CCC[C@@H](O)CN1CCC(Nc2ccccc2)CC1. The van der Waals surface area contributed by atoms with Gasteiger partial charge < -0.3 is 15.3 Å². The summed E-state index contributed by atoms with van der Waals surface area (Å²) in [6, 6.07) is 11.0. The number of piperidine rings is 1. The average Bonchev–Trinajstić information content (AvgIpc) is 2.48. The van der Waals surface area contributed by atoms with Crippen LogP contribution in [0.1, 0.15) is 25.7 Å². The van der Waals surface area contributed by atoms with E-state index in [1.54, 1.807) is 0 Å². The van der Waals surface area contributed by atoms with Crippen LogP contribution >= 0.6 is 0 Å². The Morgan fingerprint density at radius 3 is 2.65 bits per heavy atom. The number of rotatable bonds is 7. The van der Waals surface area contributed by atoms with Crippen molar-refractivity contribution in [2.24, 2.45) is 0 Å². The van der Waals surface area contributed by atoms with E-state index in [4.69, 9.17) is 0 Å². The van der Waals surface area contributed by atoms with E-state index in [2.05, 4.69) is 41.1 Å².